The summed E-state index contributed by atoms with van der Waals surface area (Å²) in [5.41, 5.74) is 6.07. The number of methoxy groups -OCH3 is 2. The maximum atomic E-state index is 12.2. The predicted molar refractivity (Wildman–Crippen MR) is 185 cm³/mol. The number of hydrogen-bond acceptors (Lipinski definition) is 15. The van der Waals surface area contributed by atoms with Gasteiger partial charge in [-0.3, -0.25) is 13.7 Å². The molecule has 0 fully saturated rings. The molecule has 0 saturated carbocycles. The number of nitrogens with zero attached hydrogens (tertiary/aromatic N) is 5. The SMILES string of the molecule is COC=Nc1cc(N=Nc2c(C)cc3cc(S(=O)(=O)O)cc(N)c3c2O)c(OC)cc1N=Nc1cc(S(=O)(=O)O)c2cccc(S(=O)(=O)O)c2c1. The fourth-order valence-electron chi connectivity index (χ4n) is 5.03. The van der Waals surface area contributed by atoms with Crippen molar-refractivity contribution in [2.45, 2.75) is 21.6 Å². The normalized spacial score (nSPS) is 12.9. The molecular formula is C30H26N6O12S3. The number of azo groups is 2. The number of nitrogen functional groups attached to an aromatic ring is 1. The van der Waals surface area contributed by atoms with Crippen LogP contribution >= 0.6 is 0 Å². The smallest absolute Gasteiger partial charge is 0.295 e. The number of phenolic OH excluding ortho intramolecular Hbond substituents is 1. The summed E-state index contributed by atoms with van der Waals surface area (Å²) < 4.78 is 111. The number of fused-ring (bicyclic) bond motifs is 2. The number of aromatic hydroxyl groups is 1. The quantitative estimate of drug-likeness (QED) is 0.0336. The Balaban J connectivity index is 1.63. The summed E-state index contributed by atoms with van der Waals surface area (Å²) in [5, 5.41) is 27.4. The molecule has 0 spiro atoms. The largest absolute Gasteiger partial charge is 0.505 e. The molecule has 0 aliphatic rings. The first-order chi connectivity index (χ1) is 23.8. The van der Waals surface area contributed by atoms with Crippen LogP contribution in [0.2, 0.25) is 0 Å². The van der Waals surface area contributed by atoms with Crippen molar-refractivity contribution in [3.05, 3.63) is 66.2 Å². The van der Waals surface area contributed by atoms with Gasteiger partial charge in [0.15, 0.2) is 12.2 Å². The Bertz CT molecular complexity index is 2680. The second kappa shape index (κ2) is 13.6. The van der Waals surface area contributed by atoms with Gasteiger partial charge in [0.1, 0.15) is 32.6 Å². The highest BCUT2D eigenvalue weighted by Crippen LogP contribution is 2.45. The molecule has 0 radical (unpaired) electrons. The lowest BCUT2D eigenvalue weighted by molar-refractivity contribution is 0.416. The summed E-state index contributed by atoms with van der Waals surface area (Å²) >= 11 is 0. The van der Waals surface area contributed by atoms with Gasteiger partial charge in [0, 0.05) is 27.9 Å². The number of nitrogens with two attached hydrogens (primary N) is 1. The molecule has 0 amide bonds. The number of hydrogen-bond donors (Lipinski definition) is 5. The summed E-state index contributed by atoms with van der Waals surface area (Å²) in [5.74, 6) is -0.364. The molecular weight excluding hydrogens is 733 g/mol. The molecule has 0 aliphatic carbocycles. The number of aryl methyl sites for hydroxylation is 1. The molecule has 0 unspecified atom stereocenters. The van der Waals surface area contributed by atoms with E-state index in [9.17, 15) is 44.0 Å². The van der Waals surface area contributed by atoms with E-state index in [4.69, 9.17) is 15.2 Å². The lowest BCUT2D eigenvalue weighted by Crippen LogP contribution is -2.03. The molecule has 5 aromatic carbocycles. The van der Waals surface area contributed by atoms with Crippen molar-refractivity contribution < 1.29 is 53.5 Å². The van der Waals surface area contributed by atoms with Gasteiger partial charge < -0.3 is 20.3 Å². The van der Waals surface area contributed by atoms with E-state index in [2.05, 4.69) is 25.4 Å². The number of rotatable bonds is 10. The number of ether oxygens (including phenoxy) is 2. The van der Waals surface area contributed by atoms with E-state index in [0.29, 0.717) is 5.56 Å². The number of anilines is 1. The molecule has 21 heteroatoms. The van der Waals surface area contributed by atoms with Crippen LogP contribution < -0.4 is 10.5 Å². The third kappa shape index (κ3) is 7.62. The summed E-state index contributed by atoms with van der Waals surface area (Å²) in [6.45, 7) is 1.57. The third-order valence-electron chi connectivity index (χ3n) is 7.24. The molecule has 0 aromatic heterocycles. The minimum atomic E-state index is -4.91. The zero-order valence-electron chi connectivity index (χ0n) is 26.4. The van der Waals surface area contributed by atoms with E-state index in [0.717, 1.165) is 36.7 Å². The van der Waals surface area contributed by atoms with Crippen molar-refractivity contribution in [3.8, 4) is 11.5 Å². The minimum absolute atomic E-state index is 0.00261. The van der Waals surface area contributed by atoms with Gasteiger partial charge in [-0.25, -0.2) is 4.99 Å². The van der Waals surface area contributed by atoms with Crippen molar-refractivity contribution in [1.29, 1.82) is 0 Å². The van der Waals surface area contributed by atoms with Crippen LogP contribution in [0.1, 0.15) is 5.56 Å². The minimum Gasteiger partial charge on any atom is -0.505 e. The van der Waals surface area contributed by atoms with Crippen LogP contribution in [0.5, 0.6) is 11.5 Å². The fourth-order valence-corrected chi connectivity index (χ4v) is 7.01. The highest BCUT2D eigenvalue weighted by Gasteiger charge is 2.22. The maximum absolute atomic E-state index is 12.2. The number of aliphatic imine (C=N–C) groups is 1. The Labute approximate surface area is 289 Å². The second-order valence-electron chi connectivity index (χ2n) is 10.6. The predicted octanol–water partition coefficient (Wildman–Crippen LogP) is 6.47. The molecule has 266 valence electrons. The average molecular weight is 759 g/mol. The molecule has 6 N–H and O–H groups in total. The Morgan fingerprint density at radius 1 is 0.725 bits per heavy atom. The van der Waals surface area contributed by atoms with Crippen LogP contribution in [0.4, 0.5) is 34.1 Å². The van der Waals surface area contributed by atoms with Gasteiger partial charge in [-0.05, 0) is 60.3 Å². The van der Waals surface area contributed by atoms with E-state index in [1.807, 2.05) is 0 Å². The molecule has 0 atom stereocenters. The Hall–Kier alpha value is -5.58. The first kappa shape index (κ1) is 36.7. The first-order valence-corrected chi connectivity index (χ1v) is 18.3. The topological polar surface area (TPSA) is 290 Å². The number of phenols is 1. The Morgan fingerprint density at radius 3 is 2.04 bits per heavy atom. The summed E-state index contributed by atoms with van der Waals surface area (Å²) in [6.07, 6.45) is 1.05. The van der Waals surface area contributed by atoms with Crippen LogP contribution in [0.3, 0.4) is 0 Å². The standard InChI is InChI=1S/C30H26N6O12S3/c1-15-7-16-8-18(49(38,39)40)11-21(31)28(16)30(37)29(15)36-35-24-12-22(32-14-47-2)23(13-25(24)48-3)34-33-17-9-20-19(27(10-17)51(44,45)46)5-4-6-26(20)50(41,42)43/h4-14,37H,31H2,1-3H3,(H,38,39,40)(H,41,42,43)(H,44,45,46). The first-order valence-electron chi connectivity index (χ1n) is 14.0. The molecule has 51 heavy (non-hydrogen) atoms. The lowest BCUT2D eigenvalue weighted by atomic mass is 10.0. The van der Waals surface area contributed by atoms with Gasteiger partial charge in [-0.15, -0.1) is 15.3 Å². The van der Waals surface area contributed by atoms with Gasteiger partial charge in [-0.1, -0.05) is 12.1 Å². The lowest BCUT2D eigenvalue weighted by Gasteiger charge is -2.12. The van der Waals surface area contributed by atoms with Gasteiger partial charge in [0.05, 0.1) is 30.5 Å². The van der Waals surface area contributed by atoms with Gasteiger partial charge in [0.2, 0.25) is 0 Å². The van der Waals surface area contributed by atoms with Crippen LogP contribution in [-0.4, -0.2) is 64.6 Å². The Morgan fingerprint density at radius 2 is 1.41 bits per heavy atom. The van der Waals surface area contributed by atoms with E-state index in [1.54, 1.807) is 6.92 Å². The monoisotopic (exact) mass is 758 g/mol. The highest BCUT2D eigenvalue weighted by atomic mass is 32.2. The van der Waals surface area contributed by atoms with Crippen molar-refractivity contribution in [1.82, 2.24) is 0 Å². The maximum Gasteiger partial charge on any atom is 0.295 e. The third-order valence-corrected chi connectivity index (χ3v) is 9.88. The van der Waals surface area contributed by atoms with Gasteiger partial charge >= 0.3 is 0 Å². The zero-order chi connectivity index (χ0) is 37.5. The highest BCUT2D eigenvalue weighted by molar-refractivity contribution is 7.86. The fraction of sp³-hybridized carbons (Fsp3) is 0.100. The summed E-state index contributed by atoms with van der Waals surface area (Å²) in [4.78, 5) is 2.36. The van der Waals surface area contributed by atoms with Crippen molar-refractivity contribution in [3.63, 3.8) is 0 Å². The molecule has 0 saturated heterocycles. The van der Waals surface area contributed by atoms with Crippen molar-refractivity contribution in [2.75, 3.05) is 20.0 Å². The molecule has 0 aliphatic heterocycles. The van der Waals surface area contributed by atoms with Crippen molar-refractivity contribution in [2.24, 2.45) is 25.4 Å². The number of benzene rings is 5. The van der Waals surface area contributed by atoms with E-state index in [-0.39, 0.29) is 61.4 Å². The molecule has 18 nitrogen and oxygen atoms in total. The van der Waals surface area contributed by atoms with Gasteiger partial charge in [-0.2, -0.15) is 30.4 Å². The van der Waals surface area contributed by atoms with E-state index >= 15 is 0 Å². The van der Waals surface area contributed by atoms with Crippen molar-refractivity contribution >= 4 is 92.4 Å². The van der Waals surface area contributed by atoms with E-state index < -0.39 is 50.8 Å². The van der Waals surface area contributed by atoms with Crippen LogP contribution in [0.25, 0.3) is 21.5 Å². The van der Waals surface area contributed by atoms with E-state index in [1.165, 1.54) is 44.6 Å². The summed E-state index contributed by atoms with van der Waals surface area (Å²) in [7, 11) is -11.7. The van der Waals surface area contributed by atoms with Gasteiger partial charge in [0.25, 0.3) is 30.4 Å². The molecule has 0 bridgehead atoms. The molecule has 5 aromatic rings. The molecule has 0 heterocycles. The van der Waals surface area contributed by atoms with Crippen LogP contribution in [0.15, 0.2) is 101 Å². The summed E-state index contributed by atoms with van der Waals surface area (Å²) in [6, 6.07) is 11.8. The Kier molecular flexibility index (Phi) is 9.80. The average Bonchev–Trinajstić information content (AvgIpc) is 3.04. The van der Waals surface area contributed by atoms with Crippen LogP contribution in [-0.2, 0) is 35.1 Å². The second-order valence-corrected chi connectivity index (χ2v) is 14.8. The molecule has 5 rings (SSSR count). The zero-order valence-corrected chi connectivity index (χ0v) is 28.9. The van der Waals surface area contributed by atoms with Crippen LogP contribution in [0, 0.1) is 6.92 Å².